The summed E-state index contributed by atoms with van der Waals surface area (Å²) in [7, 11) is -3.97. The van der Waals surface area contributed by atoms with Gasteiger partial charge in [0.2, 0.25) is 5.06 Å². The van der Waals surface area contributed by atoms with Crippen LogP contribution in [0, 0.1) is 6.92 Å². The Labute approximate surface area is 122 Å². The highest BCUT2D eigenvalue weighted by atomic mass is 35.5. The first kappa shape index (κ1) is 14.6. The molecule has 0 aliphatic heterocycles. The number of anilines is 1. The van der Waals surface area contributed by atoms with Gasteiger partial charge in [-0.1, -0.05) is 16.8 Å². The van der Waals surface area contributed by atoms with Crippen LogP contribution < -0.4 is 9.46 Å². The van der Waals surface area contributed by atoms with Crippen LogP contribution in [0.5, 0.6) is 5.06 Å². The summed E-state index contributed by atoms with van der Waals surface area (Å²) in [4.78, 5) is 9.94. The molecule has 0 aromatic carbocycles. The third-order valence-corrected chi connectivity index (χ3v) is 4.85. The summed E-state index contributed by atoms with van der Waals surface area (Å²) in [6.07, 6.45) is 0.719. The van der Waals surface area contributed by atoms with Crippen LogP contribution in [0.15, 0.2) is 27.1 Å². The molecule has 0 radical (unpaired) electrons. The topological polar surface area (TPSA) is 98.5 Å². The molecule has 7 nitrogen and oxygen atoms in total. The number of hydrogen-bond donors (Lipinski definition) is 1. The van der Waals surface area contributed by atoms with Gasteiger partial charge in [-0.2, -0.15) is 0 Å². The standard InChI is InChI=1S/C10H7ClN2O5S2/c1-6-8(11)9(18-12-6)13-20(15,16)7-2-5-19-10(7)17-4-3-14/h2,4-5,13H,1H3. The molecule has 0 bridgehead atoms. The molecule has 2 aromatic rings. The van der Waals surface area contributed by atoms with E-state index in [0.717, 1.165) is 17.6 Å². The maximum Gasteiger partial charge on any atom is 0.268 e. The lowest BCUT2D eigenvalue weighted by molar-refractivity contribution is 0.430. The predicted octanol–water partition coefficient (Wildman–Crippen LogP) is 2.22. The van der Waals surface area contributed by atoms with Gasteiger partial charge in [-0.05, 0) is 18.4 Å². The highest BCUT2D eigenvalue weighted by molar-refractivity contribution is 7.93. The number of thiophene rings is 1. The van der Waals surface area contributed by atoms with E-state index in [0.29, 0.717) is 5.69 Å². The molecule has 0 aliphatic rings. The van der Waals surface area contributed by atoms with E-state index in [1.165, 1.54) is 17.4 Å². The van der Waals surface area contributed by atoms with Gasteiger partial charge in [-0.25, -0.2) is 17.9 Å². The van der Waals surface area contributed by atoms with E-state index in [2.05, 4.69) is 9.88 Å². The predicted molar refractivity (Wildman–Crippen MR) is 72.3 cm³/mol. The Morgan fingerprint density at radius 2 is 2.35 bits per heavy atom. The fourth-order valence-corrected chi connectivity index (χ4v) is 3.60. The van der Waals surface area contributed by atoms with Gasteiger partial charge in [-0.15, -0.1) is 11.3 Å². The second-order valence-electron chi connectivity index (χ2n) is 3.44. The molecular weight excluding hydrogens is 328 g/mol. The van der Waals surface area contributed by atoms with Gasteiger partial charge in [-0.3, -0.25) is 0 Å². The van der Waals surface area contributed by atoms with Crippen molar-refractivity contribution in [1.29, 1.82) is 0 Å². The van der Waals surface area contributed by atoms with Gasteiger partial charge in [0.15, 0.2) is 12.2 Å². The first-order valence-corrected chi connectivity index (χ1v) is 7.78. The van der Waals surface area contributed by atoms with E-state index in [1.807, 2.05) is 0 Å². The second kappa shape index (κ2) is 5.68. The van der Waals surface area contributed by atoms with Crippen LogP contribution >= 0.6 is 22.9 Å². The SMILES string of the molecule is Cc1noc(NS(=O)(=O)c2ccsc2OC=C=O)c1Cl. The molecule has 0 aliphatic carbocycles. The van der Waals surface area contributed by atoms with E-state index in [1.54, 1.807) is 6.92 Å². The number of nitrogens with zero attached hydrogens (tertiary/aromatic N) is 1. The number of aromatic nitrogens is 1. The zero-order valence-corrected chi connectivity index (χ0v) is 12.3. The van der Waals surface area contributed by atoms with Crippen LogP contribution in [-0.4, -0.2) is 19.5 Å². The zero-order chi connectivity index (χ0) is 14.8. The highest BCUT2D eigenvalue weighted by Gasteiger charge is 2.24. The molecule has 0 fully saturated rings. The largest absolute Gasteiger partial charge is 0.441 e. The van der Waals surface area contributed by atoms with E-state index in [9.17, 15) is 13.2 Å². The van der Waals surface area contributed by atoms with Crippen LogP contribution in [0.4, 0.5) is 5.88 Å². The van der Waals surface area contributed by atoms with Crippen molar-refractivity contribution in [1.82, 2.24) is 5.16 Å². The number of halogens is 1. The number of aryl methyl sites for hydroxylation is 1. The maximum atomic E-state index is 12.2. The van der Waals surface area contributed by atoms with Crippen molar-refractivity contribution in [2.24, 2.45) is 0 Å². The third-order valence-electron chi connectivity index (χ3n) is 2.12. The molecule has 2 rings (SSSR count). The Bertz CT molecular complexity index is 773. The first-order valence-electron chi connectivity index (χ1n) is 5.04. The maximum absolute atomic E-state index is 12.2. The number of hydrogen-bond acceptors (Lipinski definition) is 7. The third kappa shape index (κ3) is 2.86. The quantitative estimate of drug-likeness (QED) is 0.665. The summed E-state index contributed by atoms with van der Waals surface area (Å²) in [5, 5.41) is 5.12. The van der Waals surface area contributed by atoms with Crippen molar-refractivity contribution in [3.05, 3.63) is 28.4 Å². The second-order valence-corrected chi connectivity index (χ2v) is 6.35. The number of rotatable bonds is 5. The van der Waals surface area contributed by atoms with E-state index < -0.39 is 10.0 Å². The lowest BCUT2D eigenvalue weighted by Crippen LogP contribution is -2.12. The monoisotopic (exact) mass is 334 g/mol. The van der Waals surface area contributed by atoms with Crippen molar-refractivity contribution in [3.63, 3.8) is 0 Å². The van der Waals surface area contributed by atoms with E-state index >= 15 is 0 Å². The fraction of sp³-hybridized carbons (Fsp3) is 0.100. The molecule has 106 valence electrons. The summed E-state index contributed by atoms with van der Waals surface area (Å²) in [6, 6.07) is 1.32. The Hall–Kier alpha value is -1.80. The van der Waals surface area contributed by atoms with Crippen molar-refractivity contribution < 1.29 is 22.5 Å². The summed E-state index contributed by atoms with van der Waals surface area (Å²) >= 11 is 6.84. The summed E-state index contributed by atoms with van der Waals surface area (Å²) in [6.45, 7) is 1.57. The molecule has 0 unspecified atom stereocenters. The Morgan fingerprint density at radius 3 is 2.95 bits per heavy atom. The smallest absolute Gasteiger partial charge is 0.268 e. The minimum Gasteiger partial charge on any atom is -0.441 e. The summed E-state index contributed by atoms with van der Waals surface area (Å²) < 4.78 is 36.1. The molecule has 2 heterocycles. The Morgan fingerprint density at radius 1 is 1.60 bits per heavy atom. The molecule has 2 aromatic heterocycles. The number of carbonyl (C=O) groups excluding carboxylic acids is 1. The van der Waals surface area contributed by atoms with Crippen LogP contribution in [-0.2, 0) is 14.8 Å². The van der Waals surface area contributed by atoms with Crippen molar-refractivity contribution >= 4 is 44.8 Å². The van der Waals surface area contributed by atoms with Gasteiger partial charge in [0.25, 0.3) is 15.9 Å². The number of nitrogens with one attached hydrogen (secondary N) is 1. The molecule has 0 saturated carbocycles. The first-order chi connectivity index (χ1) is 9.45. The average molecular weight is 335 g/mol. The van der Waals surface area contributed by atoms with Gasteiger partial charge >= 0.3 is 0 Å². The van der Waals surface area contributed by atoms with E-state index in [4.69, 9.17) is 20.9 Å². The Balaban J connectivity index is 2.33. The van der Waals surface area contributed by atoms with Crippen LogP contribution in [0.2, 0.25) is 5.02 Å². The molecule has 10 heteroatoms. The highest BCUT2D eigenvalue weighted by Crippen LogP contribution is 2.33. The number of ether oxygens (including phenoxy) is 1. The molecule has 0 spiro atoms. The van der Waals surface area contributed by atoms with Gasteiger partial charge in [0.1, 0.15) is 15.6 Å². The molecular formula is C10H7ClN2O5S2. The molecule has 20 heavy (non-hydrogen) atoms. The molecule has 0 atom stereocenters. The molecule has 0 amide bonds. The van der Waals surface area contributed by atoms with Crippen LogP contribution in [0.3, 0.4) is 0 Å². The van der Waals surface area contributed by atoms with Crippen molar-refractivity contribution in [3.8, 4) is 5.06 Å². The summed E-state index contributed by atoms with van der Waals surface area (Å²) in [5.41, 5.74) is 0.357. The van der Waals surface area contributed by atoms with E-state index in [-0.39, 0.29) is 20.9 Å². The van der Waals surface area contributed by atoms with Crippen molar-refractivity contribution in [2.75, 3.05) is 4.72 Å². The lowest BCUT2D eigenvalue weighted by Gasteiger charge is -2.05. The van der Waals surface area contributed by atoms with Gasteiger partial charge in [0, 0.05) is 0 Å². The summed E-state index contributed by atoms with van der Waals surface area (Å²) in [5.74, 6) is 1.20. The Kier molecular flexibility index (Phi) is 4.15. The zero-order valence-electron chi connectivity index (χ0n) is 9.91. The van der Waals surface area contributed by atoms with Crippen molar-refractivity contribution in [2.45, 2.75) is 11.8 Å². The fourth-order valence-electron chi connectivity index (χ4n) is 1.25. The van der Waals surface area contributed by atoms with Gasteiger partial charge < -0.3 is 9.26 Å². The lowest BCUT2D eigenvalue weighted by atomic mass is 10.5. The molecule has 0 saturated heterocycles. The normalized spacial score (nSPS) is 10.9. The number of sulfonamides is 1. The van der Waals surface area contributed by atoms with Crippen LogP contribution in [0.1, 0.15) is 5.69 Å². The minimum atomic E-state index is -3.97. The van der Waals surface area contributed by atoms with Crippen LogP contribution in [0.25, 0.3) is 0 Å². The minimum absolute atomic E-state index is 0.0215. The van der Waals surface area contributed by atoms with Gasteiger partial charge in [0.05, 0.1) is 0 Å². The molecule has 1 N–H and O–H groups in total. The average Bonchev–Trinajstić information content (AvgIpc) is 2.99.